The van der Waals surface area contributed by atoms with Crippen molar-refractivity contribution in [3.63, 3.8) is 0 Å². The van der Waals surface area contributed by atoms with Crippen LogP contribution >= 0.6 is 36.4 Å². The molecule has 0 saturated carbocycles. The third kappa shape index (κ3) is 4.45. The van der Waals surface area contributed by atoms with Crippen LogP contribution in [0.4, 0.5) is 0 Å². The van der Waals surface area contributed by atoms with Crippen molar-refractivity contribution < 1.29 is 0 Å². The number of halogens is 3. The third-order valence-electron chi connectivity index (χ3n) is 2.98. The molecule has 1 aliphatic rings. The molecule has 0 aromatic heterocycles. The molecule has 1 aliphatic heterocycles. The van der Waals surface area contributed by atoms with Crippen LogP contribution in [0.5, 0.6) is 0 Å². The molecule has 0 radical (unpaired) electrons. The summed E-state index contributed by atoms with van der Waals surface area (Å²) >= 11 is 5.90. The highest BCUT2D eigenvalue weighted by molar-refractivity contribution is 6.30. The summed E-state index contributed by atoms with van der Waals surface area (Å²) in [7, 11) is 0. The Morgan fingerprint density at radius 1 is 1.17 bits per heavy atom. The van der Waals surface area contributed by atoms with Crippen LogP contribution in [0.2, 0.25) is 5.02 Å². The van der Waals surface area contributed by atoms with Crippen molar-refractivity contribution in [3.05, 3.63) is 47.5 Å². The van der Waals surface area contributed by atoms with Crippen LogP contribution < -0.4 is 5.32 Å². The van der Waals surface area contributed by atoms with Gasteiger partial charge in [-0.25, -0.2) is 0 Å². The van der Waals surface area contributed by atoms with Gasteiger partial charge in [-0.1, -0.05) is 29.8 Å². The Morgan fingerprint density at radius 2 is 1.72 bits per heavy atom. The van der Waals surface area contributed by atoms with Crippen LogP contribution in [0, 0.1) is 0 Å². The van der Waals surface area contributed by atoms with Gasteiger partial charge in [-0.2, -0.15) is 0 Å². The molecule has 1 fully saturated rings. The highest BCUT2D eigenvalue weighted by Crippen LogP contribution is 2.23. The summed E-state index contributed by atoms with van der Waals surface area (Å²) in [6.07, 6.45) is 2.01. The van der Waals surface area contributed by atoms with E-state index < -0.39 is 0 Å². The minimum Gasteiger partial charge on any atom is -0.314 e. The van der Waals surface area contributed by atoms with Crippen LogP contribution in [-0.4, -0.2) is 31.1 Å². The standard InChI is InChI=1S/C13H17ClN2.2ClH/c1-2-13(16-9-7-15-8-10-16)11-3-5-12(14)6-4-11;;/h2-6,13,15H,1,7-10H2;2*1H/t13-;;/m0../s1. The minimum atomic E-state index is 0. The zero-order valence-corrected chi connectivity index (χ0v) is 12.5. The van der Waals surface area contributed by atoms with Crippen molar-refractivity contribution in [1.29, 1.82) is 0 Å². The van der Waals surface area contributed by atoms with Gasteiger partial charge in [-0.05, 0) is 17.7 Å². The van der Waals surface area contributed by atoms with Gasteiger partial charge in [0.2, 0.25) is 0 Å². The maximum atomic E-state index is 5.90. The molecule has 1 N–H and O–H groups in total. The molecule has 2 rings (SSSR count). The predicted octanol–water partition coefficient (Wildman–Crippen LogP) is 3.32. The van der Waals surface area contributed by atoms with Gasteiger partial charge in [-0.15, -0.1) is 31.4 Å². The van der Waals surface area contributed by atoms with Crippen LogP contribution in [0.1, 0.15) is 11.6 Å². The van der Waals surface area contributed by atoms with Gasteiger partial charge < -0.3 is 5.32 Å². The van der Waals surface area contributed by atoms with Gasteiger partial charge >= 0.3 is 0 Å². The van der Waals surface area contributed by atoms with E-state index in [1.807, 2.05) is 18.2 Å². The number of hydrogen-bond acceptors (Lipinski definition) is 2. The second-order valence-corrected chi connectivity index (χ2v) is 4.45. The molecule has 18 heavy (non-hydrogen) atoms. The summed E-state index contributed by atoms with van der Waals surface area (Å²) in [6.45, 7) is 8.18. The molecule has 0 amide bonds. The lowest BCUT2D eigenvalue weighted by Crippen LogP contribution is -2.44. The number of hydrogen-bond donors (Lipinski definition) is 1. The lowest BCUT2D eigenvalue weighted by molar-refractivity contribution is 0.203. The van der Waals surface area contributed by atoms with Gasteiger partial charge in [0, 0.05) is 31.2 Å². The van der Waals surface area contributed by atoms with Gasteiger partial charge in [-0.3, -0.25) is 4.90 Å². The lowest BCUT2D eigenvalue weighted by Gasteiger charge is -2.33. The molecule has 0 spiro atoms. The lowest BCUT2D eigenvalue weighted by atomic mass is 10.0. The molecule has 5 heteroatoms. The van der Waals surface area contributed by atoms with Gasteiger partial charge in [0.1, 0.15) is 0 Å². The molecular weight excluding hydrogens is 291 g/mol. The highest BCUT2D eigenvalue weighted by atomic mass is 35.5. The van der Waals surface area contributed by atoms with Crippen molar-refractivity contribution in [3.8, 4) is 0 Å². The number of benzene rings is 1. The normalized spacial score (nSPS) is 17.2. The van der Waals surface area contributed by atoms with Crippen LogP contribution in [0.25, 0.3) is 0 Å². The number of nitrogens with zero attached hydrogens (tertiary/aromatic N) is 1. The maximum Gasteiger partial charge on any atom is 0.0529 e. The molecule has 1 aromatic rings. The Labute approximate surface area is 126 Å². The third-order valence-corrected chi connectivity index (χ3v) is 3.23. The Morgan fingerprint density at radius 3 is 2.22 bits per heavy atom. The molecule has 0 unspecified atom stereocenters. The predicted molar refractivity (Wildman–Crippen MR) is 83.3 cm³/mol. The van der Waals surface area contributed by atoms with Crippen molar-refractivity contribution >= 4 is 36.4 Å². The smallest absolute Gasteiger partial charge is 0.0529 e. The fraction of sp³-hybridized carbons (Fsp3) is 0.385. The quantitative estimate of drug-likeness (QED) is 0.862. The van der Waals surface area contributed by atoms with E-state index >= 15 is 0 Å². The first-order valence-corrected chi connectivity index (χ1v) is 6.02. The van der Waals surface area contributed by atoms with E-state index in [1.54, 1.807) is 0 Å². The molecule has 1 heterocycles. The Hall–Kier alpha value is -0.250. The van der Waals surface area contributed by atoms with Crippen LogP contribution in [0.15, 0.2) is 36.9 Å². The summed E-state index contributed by atoms with van der Waals surface area (Å²) in [6, 6.07) is 8.35. The average Bonchev–Trinajstić information content (AvgIpc) is 2.34. The Bertz CT molecular complexity index is 348. The van der Waals surface area contributed by atoms with E-state index in [4.69, 9.17) is 11.6 Å². The van der Waals surface area contributed by atoms with E-state index in [9.17, 15) is 0 Å². The van der Waals surface area contributed by atoms with E-state index in [1.165, 1.54) is 5.56 Å². The molecule has 1 saturated heterocycles. The molecular formula is C13H19Cl3N2. The van der Waals surface area contributed by atoms with Crippen molar-refractivity contribution in [2.45, 2.75) is 6.04 Å². The molecule has 1 atom stereocenters. The summed E-state index contributed by atoms with van der Waals surface area (Å²) in [5.74, 6) is 0. The summed E-state index contributed by atoms with van der Waals surface area (Å²) in [4.78, 5) is 2.44. The molecule has 0 bridgehead atoms. The second-order valence-electron chi connectivity index (χ2n) is 4.02. The molecule has 0 aliphatic carbocycles. The fourth-order valence-corrected chi connectivity index (χ4v) is 2.24. The van der Waals surface area contributed by atoms with E-state index in [0.717, 1.165) is 31.2 Å². The van der Waals surface area contributed by atoms with Crippen molar-refractivity contribution in [2.24, 2.45) is 0 Å². The topological polar surface area (TPSA) is 15.3 Å². The van der Waals surface area contributed by atoms with Crippen molar-refractivity contribution in [2.75, 3.05) is 26.2 Å². The first-order valence-electron chi connectivity index (χ1n) is 5.64. The van der Waals surface area contributed by atoms with Crippen LogP contribution in [-0.2, 0) is 0 Å². The monoisotopic (exact) mass is 308 g/mol. The Kier molecular flexibility index (Phi) is 8.66. The van der Waals surface area contributed by atoms with Crippen LogP contribution in [0.3, 0.4) is 0 Å². The summed E-state index contributed by atoms with van der Waals surface area (Å²) in [5, 5.41) is 4.14. The summed E-state index contributed by atoms with van der Waals surface area (Å²) < 4.78 is 0. The first-order chi connectivity index (χ1) is 7.81. The average molecular weight is 310 g/mol. The number of rotatable bonds is 3. The largest absolute Gasteiger partial charge is 0.314 e. The second kappa shape index (κ2) is 8.78. The maximum absolute atomic E-state index is 5.90. The first kappa shape index (κ1) is 17.8. The van der Waals surface area contributed by atoms with Gasteiger partial charge in [0.15, 0.2) is 0 Å². The van der Waals surface area contributed by atoms with Gasteiger partial charge in [0.25, 0.3) is 0 Å². The number of nitrogens with one attached hydrogen (secondary N) is 1. The van der Waals surface area contributed by atoms with Crippen molar-refractivity contribution in [1.82, 2.24) is 10.2 Å². The molecule has 1 aromatic carbocycles. The minimum absolute atomic E-state index is 0. The van der Waals surface area contributed by atoms with E-state index in [2.05, 4.69) is 28.9 Å². The fourth-order valence-electron chi connectivity index (χ4n) is 2.12. The van der Waals surface area contributed by atoms with E-state index in [-0.39, 0.29) is 24.8 Å². The Balaban J connectivity index is 0.00000144. The zero-order chi connectivity index (χ0) is 11.4. The molecule has 2 nitrogen and oxygen atoms in total. The summed E-state index contributed by atoms with van der Waals surface area (Å²) in [5.41, 5.74) is 1.27. The van der Waals surface area contributed by atoms with Gasteiger partial charge in [0.05, 0.1) is 6.04 Å². The van der Waals surface area contributed by atoms with E-state index in [0.29, 0.717) is 6.04 Å². The SMILES string of the molecule is C=C[C@@H](c1ccc(Cl)cc1)N1CCNCC1.Cl.Cl. The highest BCUT2D eigenvalue weighted by Gasteiger charge is 2.18. The molecule has 102 valence electrons. The number of piperazine rings is 1. The zero-order valence-electron chi connectivity index (χ0n) is 10.1.